The summed E-state index contributed by atoms with van der Waals surface area (Å²) in [5, 5.41) is 3.03. The summed E-state index contributed by atoms with van der Waals surface area (Å²) in [5.41, 5.74) is 0.524. The molecule has 2 aromatic rings. The summed E-state index contributed by atoms with van der Waals surface area (Å²) in [6.45, 7) is 1.38. The number of anilines is 1. The lowest BCUT2D eigenvalue weighted by Crippen LogP contribution is -2.06. The number of halogens is 2. The second-order valence-electron chi connectivity index (χ2n) is 4.28. The number of amides is 1. The Hall–Kier alpha value is -1.56. The lowest BCUT2D eigenvalue weighted by molar-refractivity contribution is -0.114. The predicted molar refractivity (Wildman–Crippen MR) is 82.7 cm³/mol. The van der Waals surface area contributed by atoms with Gasteiger partial charge in [-0.15, -0.1) is 0 Å². The van der Waals surface area contributed by atoms with E-state index >= 15 is 0 Å². The lowest BCUT2D eigenvalue weighted by atomic mass is 10.3. The van der Waals surface area contributed by atoms with Crippen LogP contribution in [0.25, 0.3) is 0 Å². The Labute approximate surface area is 132 Å². The summed E-state index contributed by atoms with van der Waals surface area (Å²) in [6, 6.07) is 10.0. The number of sulfone groups is 1. The number of carbonyl (C=O) groups is 1. The summed E-state index contributed by atoms with van der Waals surface area (Å²) in [5.74, 6) is -0.227. The van der Waals surface area contributed by atoms with Crippen molar-refractivity contribution in [3.8, 4) is 0 Å². The van der Waals surface area contributed by atoms with E-state index in [2.05, 4.69) is 5.32 Å². The number of nitrogens with one attached hydrogen (secondary N) is 1. The molecular formula is C14H11Cl2NO3S. The average molecular weight is 344 g/mol. The van der Waals surface area contributed by atoms with Crippen molar-refractivity contribution < 1.29 is 13.2 Å². The molecule has 0 saturated carbocycles. The van der Waals surface area contributed by atoms with Gasteiger partial charge in [-0.25, -0.2) is 8.42 Å². The minimum absolute atomic E-state index is 0.0594. The van der Waals surface area contributed by atoms with Gasteiger partial charge in [0.25, 0.3) is 0 Å². The van der Waals surface area contributed by atoms with Gasteiger partial charge in [-0.05, 0) is 42.5 Å². The third-order valence-electron chi connectivity index (χ3n) is 2.69. The molecule has 21 heavy (non-hydrogen) atoms. The number of hydrogen-bond acceptors (Lipinski definition) is 3. The first-order chi connectivity index (χ1) is 9.80. The van der Waals surface area contributed by atoms with E-state index in [-0.39, 0.29) is 25.7 Å². The maximum Gasteiger partial charge on any atom is 0.221 e. The highest BCUT2D eigenvalue weighted by Gasteiger charge is 2.18. The Morgan fingerprint density at radius 3 is 2.05 bits per heavy atom. The van der Waals surface area contributed by atoms with Gasteiger partial charge in [0.15, 0.2) is 0 Å². The van der Waals surface area contributed by atoms with E-state index in [1.54, 1.807) is 0 Å². The van der Waals surface area contributed by atoms with Crippen molar-refractivity contribution in [1.82, 2.24) is 0 Å². The Bertz CT molecular complexity index is 786. The summed E-state index contributed by atoms with van der Waals surface area (Å²) in [4.78, 5) is 11.1. The molecule has 0 saturated heterocycles. The highest BCUT2D eigenvalue weighted by Crippen LogP contribution is 2.28. The zero-order valence-corrected chi connectivity index (χ0v) is 13.3. The fraction of sp³-hybridized carbons (Fsp3) is 0.0714. The molecule has 0 aromatic heterocycles. The van der Waals surface area contributed by atoms with Crippen molar-refractivity contribution in [1.29, 1.82) is 0 Å². The van der Waals surface area contributed by atoms with Gasteiger partial charge in [-0.1, -0.05) is 23.2 Å². The lowest BCUT2D eigenvalue weighted by Gasteiger charge is -2.07. The molecule has 0 aliphatic carbocycles. The molecule has 0 atom stereocenters. The molecule has 0 fully saturated rings. The minimum Gasteiger partial charge on any atom is -0.326 e. The molecule has 1 amide bonds. The van der Waals surface area contributed by atoms with Crippen LogP contribution in [0.2, 0.25) is 10.0 Å². The molecule has 2 rings (SSSR count). The third kappa shape index (κ3) is 3.56. The minimum atomic E-state index is -3.68. The summed E-state index contributed by atoms with van der Waals surface area (Å²) in [6.07, 6.45) is 0. The van der Waals surface area contributed by atoms with Crippen LogP contribution < -0.4 is 5.32 Å². The zero-order chi connectivity index (χ0) is 15.6. The molecule has 4 nitrogen and oxygen atoms in total. The first-order valence-electron chi connectivity index (χ1n) is 5.88. The van der Waals surface area contributed by atoms with Crippen LogP contribution in [0.3, 0.4) is 0 Å². The van der Waals surface area contributed by atoms with E-state index in [1.165, 1.54) is 49.4 Å². The van der Waals surface area contributed by atoms with Gasteiger partial charge in [0.2, 0.25) is 15.7 Å². The Morgan fingerprint density at radius 2 is 1.52 bits per heavy atom. The van der Waals surface area contributed by atoms with Crippen LogP contribution in [0.1, 0.15) is 6.92 Å². The average Bonchev–Trinajstić information content (AvgIpc) is 2.41. The van der Waals surface area contributed by atoms with Crippen molar-refractivity contribution in [2.75, 3.05) is 5.32 Å². The third-order valence-corrected chi connectivity index (χ3v) is 5.19. The van der Waals surface area contributed by atoms with E-state index in [9.17, 15) is 13.2 Å². The topological polar surface area (TPSA) is 63.2 Å². The smallest absolute Gasteiger partial charge is 0.221 e. The molecule has 0 heterocycles. The molecule has 0 radical (unpaired) electrons. The number of rotatable bonds is 3. The van der Waals surface area contributed by atoms with Crippen LogP contribution in [0.4, 0.5) is 5.69 Å². The van der Waals surface area contributed by atoms with Gasteiger partial charge in [0.05, 0.1) is 19.8 Å². The molecule has 2 aromatic carbocycles. The van der Waals surface area contributed by atoms with E-state index < -0.39 is 9.84 Å². The first-order valence-corrected chi connectivity index (χ1v) is 8.12. The van der Waals surface area contributed by atoms with Crippen LogP contribution in [0, 0.1) is 0 Å². The maximum atomic E-state index is 12.4. The molecule has 110 valence electrons. The van der Waals surface area contributed by atoms with Gasteiger partial charge in [-0.3, -0.25) is 4.79 Å². The second-order valence-corrected chi connectivity index (χ2v) is 7.05. The van der Waals surface area contributed by atoms with Crippen molar-refractivity contribution in [2.24, 2.45) is 0 Å². The maximum absolute atomic E-state index is 12.4. The standard InChI is InChI=1S/C14H11Cl2NO3S/c1-9(18)17-10-2-4-11(5-3-10)21(19,20)12-6-7-13(15)14(16)8-12/h2-8H,1H3,(H,17,18). The SMILES string of the molecule is CC(=O)Nc1ccc(S(=O)(=O)c2ccc(Cl)c(Cl)c2)cc1. The highest BCUT2D eigenvalue weighted by molar-refractivity contribution is 7.91. The van der Waals surface area contributed by atoms with Gasteiger partial charge in [0.1, 0.15) is 0 Å². The molecule has 0 aliphatic rings. The molecule has 1 N–H and O–H groups in total. The van der Waals surface area contributed by atoms with E-state index in [1.807, 2.05) is 0 Å². The van der Waals surface area contributed by atoms with Crippen LogP contribution in [-0.2, 0) is 14.6 Å². The zero-order valence-electron chi connectivity index (χ0n) is 10.9. The van der Waals surface area contributed by atoms with Gasteiger partial charge >= 0.3 is 0 Å². The molecule has 7 heteroatoms. The Balaban J connectivity index is 2.39. The van der Waals surface area contributed by atoms with Crippen molar-refractivity contribution in [2.45, 2.75) is 16.7 Å². The van der Waals surface area contributed by atoms with Crippen LogP contribution >= 0.6 is 23.2 Å². The monoisotopic (exact) mass is 343 g/mol. The number of carbonyl (C=O) groups excluding carboxylic acids is 1. The van der Waals surface area contributed by atoms with E-state index in [0.717, 1.165) is 0 Å². The quantitative estimate of drug-likeness (QED) is 0.922. The first kappa shape index (κ1) is 15.8. The molecular weight excluding hydrogens is 333 g/mol. The largest absolute Gasteiger partial charge is 0.326 e. The van der Waals surface area contributed by atoms with E-state index in [4.69, 9.17) is 23.2 Å². The molecule has 0 unspecified atom stereocenters. The molecule has 0 bridgehead atoms. The van der Waals surface area contributed by atoms with E-state index in [0.29, 0.717) is 5.69 Å². The summed E-state index contributed by atoms with van der Waals surface area (Å²) in [7, 11) is -3.68. The number of benzene rings is 2. The highest BCUT2D eigenvalue weighted by atomic mass is 35.5. The molecule has 0 spiro atoms. The van der Waals surface area contributed by atoms with Crippen molar-refractivity contribution >= 4 is 44.6 Å². The van der Waals surface area contributed by atoms with Crippen molar-refractivity contribution in [3.05, 3.63) is 52.5 Å². The van der Waals surface area contributed by atoms with Gasteiger partial charge in [-0.2, -0.15) is 0 Å². The van der Waals surface area contributed by atoms with Gasteiger partial charge in [0, 0.05) is 12.6 Å². The number of hydrogen-bond donors (Lipinski definition) is 1. The van der Waals surface area contributed by atoms with Crippen LogP contribution in [0.5, 0.6) is 0 Å². The van der Waals surface area contributed by atoms with Crippen LogP contribution in [0.15, 0.2) is 52.3 Å². The van der Waals surface area contributed by atoms with Crippen LogP contribution in [-0.4, -0.2) is 14.3 Å². The van der Waals surface area contributed by atoms with Crippen molar-refractivity contribution in [3.63, 3.8) is 0 Å². The summed E-state index contributed by atoms with van der Waals surface area (Å²) >= 11 is 11.6. The Morgan fingerprint density at radius 1 is 0.952 bits per heavy atom. The normalized spacial score (nSPS) is 11.2. The second kappa shape index (κ2) is 6.05. The van der Waals surface area contributed by atoms with Gasteiger partial charge < -0.3 is 5.32 Å². The fourth-order valence-corrected chi connectivity index (χ4v) is 3.35. The Kier molecular flexibility index (Phi) is 4.56. The predicted octanol–water partition coefficient (Wildman–Crippen LogP) is 3.78. The fourth-order valence-electron chi connectivity index (χ4n) is 1.70. The molecule has 0 aliphatic heterocycles. The summed E-state index contributed by atoms with van der Waals surface area (Å²) < 4.78 is 24.9.